The van der Waals surface area contributed by atoms with Gasteiger partial charge in [0.25, 0.3) is 0 Å². The Morgan fingerprint density at radius 2 is 2.11 bits per heavy atom. The Balaban J connectivity index is 2.10. The Hall–Kier alpha value is -1.55. The lowest BCUT2D eigenvalue weighted by atomic mass is 10.0. The number of anilines is 1. The molecule has 0 aromatic heterocycles. The van der Waals surface area contributed by atoms with Crippen LogP contribution in [0.2, 0.25) is 0 Å². The van der Waals surface area contributed by atoms with E-state index in [4.69, 9.17) is 9.84 Å². The molecule has 4 nitrogen and oxygen atoms in total. The fraction of sp³-hybridized carbons (Fsp3) is 0.533. The summed E-state index contributed by atoms with van der Waals surface area (Å²) in [7, 11) is 0. The molecule has 0 amide bonds. The van der Waals surface area contributed by atoms with Crippen LogP contribution in [0.3, 0.4) is 0 Å². The number of hydrogen-bond donors (Lipinski definition) is 1. The van der Waals surface area contributed by atoms with Gasteiger partial charge in [-0.05, 0) is 31.4 Å². The first kappa shape index (κ1) is 13.9. The van der Waals surface area contributed by atoms with Crippen LogP contribution in [-0.4, -0.2) is 37.4 Å². The second-order valence-corrected chi connectivity index (χ2v) is 4.98. The average molecular weight is 263 g/mol. The standard InChI is InChI=1S/C15H21NO3/c1-12-5-6-14(16-7-9-19-10-8-16)13(11-12)3-2-4-15(17)18/h5-6,11H,2-4,7-10H2,1H3,(H,17,18). The summed E-state index contributed by atoms with van der Waals surface area (Å²) in [6.45, 7) is 5.43. The number of benzene rings is 1. The van der Waals surface area contributed by atoms with Gasteiger partial charge in [0.05, 0.1) is 13.2 Å². The Labute approximate surface area is 114 Å². The lowest BCUT2D eigenvalue weighted by molar-refractivity contribution is -0.137. The second kappa shape index (κ2) is 6.57. The summed E-state index contributed by atoms with van der Waals surface area (Å²) in [6, 6.07) is 6.44. The molecule has 4 heteroatoms. The summed E-state index contributed by atoms with van der Waals surface area (Å²) in [6.07, 6.45) is 1.74. The van der Waals surface area contributed by atoms with Crippen LogP contribution in [0.4, 0.5) is 5.69 Å². The van der Waals surface area contributed by atoms with Crippen LogP contribution in [0.15, 0.2) is 18.2 Å². The number of rotatable bonds is 5. The number of carboxylic acids is 1. The van der Waals surface area contributed by atoms with E-state index in [1.165, 1.54) is 16.8 Å². The van der Waals surface area contributed by atoms with Gasteiger partial charge in [-0.25, -0.2) is 0 Å². The van der Waals surface area contributed by atoms with Crippen LogP contribution in [0.25, 0.3) is 0 Å². The molecule has 0 unspecified atom stereocenters. The van der Waals surface area contributed by atoms with Gasteiger partial charge in [0.15, 0.2) is 0 Å². The molecule has 1 aromatic rings. The van der Waals surface area contributed by atoms with E-state index in [9.17, 15) is 4.79 Å². The van der Waals surface area contributed by atoms with E-state index >= 15 is 0 Å². The van der Waals surface area contributed by atoms with E-state index in [1.54, 1.807) is 0 Å². The van der Waals surface area contributed by atoms with Crippen LogP contribution >= 0.6 is 0 Å². The molecule has 19 heavy (non-hydrogen) atoms. The molecule has 2 rings (SSSR count). The van der Waals surface area contributed by atoms with Gasteiger partial charge in [-0.3, -0.25) is 4.79 Å². The van der Waals surface area contributed by atoms with Crippen molar-refractivity contribution in [3.05, 3.63) is 29.3 Å². The van der Waals surface area contributed by atoms with Crippen LogP contribution in [-0.2, 0) is 16.0 Å². The number of carboxylic acid groups (broad SMARTS) is 1. The van der Waals surface area contributed by atoms with E-state index in [1.807, 2.05) is 0 Å². The fourth-order valence-electron chi connectivity index (χ4n) is 2.46. The molecule has 0 radical (unpaired) electrons. The number of hydrogen-bond acceptors (Lipinski definition) is 3. The Morgan fingerprint density at radius 3 is 2.79 bits per heavy atom. The van der Waals surface area contributed by atoms with Crippen LogP contribution in [0.1, 0.15) is 24.0 Å². The first-order valence-electron chi connectivity index (χ1n) is 6.81. The fourth-order valence-corrected chi connectivity index (χ4v) is 2.46. The van der Waals surface area contributed by atoms with Gasteiger partial charge in [-0.1, -0.05) is 17.7 Å². The zero-order valence-electron chi connectivity index (χ0n) is 11.4. The van der Waals surface area contributed by atoms with E-state index in [0.717, 1.165) is 32.7 Å². The normalized spacial score (nSPS) is 15.5. The molecule has 0 saturated carbocycles. The number of carbonyl (C=O) groups is 1. The molecule has 1 heterocycles. The molecular formula is C15H21NO3. The highest BCUT2D eigenvalue weighted by atomic mass is 16.5. The Morgan fingerprint density at radius 1 is 1.37 bits per heavy atom. The monoisotopic (exact) mass is 263 g/mol. The molecular weight excluding hydrogens is 242 g/mol. The summed E-state index contributed by atoms with van der Waals surface area (Å²) in [5.74, 6) is -0.722. The van der Waals surface area contributed by atoms with Gasteiger partial charge in [0.1, 0.15) is 0 Å². The van der Waals surface area contributed by atoms with Gasteiger partial charge in [0.2, 0.25) is 0 Å². The summed E-state index contributed by atoms with van der Waals surface area (Å²) in [4.78, 5) is 12.9. The van der Waals surface area contributed by atoms with E-state index in [-0.39, 0.29) is 6.42 Å². The zero-order valence-corrected chi connectivity index (χ0v) is 11.4. The third-order valence-corrected chi connectivity index (χ3v) is 3.42. The maximum Gasteiger partial charge on any atom is 0.303 e. The van der Waals surface area contributed by atoms with Crippen LogP contribution in [0.5, 0.6) is 0 Å². The quantitative estimate of drug-likeness (QED) is 0.885. The predicted molar refractivity (Wildman–Crippen MR) is 74.8 cm³/mol. The van der Waals surface area contributed by atoms with Gasteiger partial charge >= 0.3 is 5.97 Å². The Bertz CT molecular complexity index is 439. The molecule has 0 aliphatic carbocycles. The highest BCUT2D eigenvalue weighted by Crippen LogP contribution is 2.24. The van der Waals surface area contributed by atoms with Crippen molar-refractivity contribution >= 4 is 11.7 Å². The minimum atomic E-state index is -0.722. The van der Waals surface area contributed by atoms with Crippen LogP contribution in [0, 0.1) is 6.92 Å². The maximum absolute atomic E-state index is 10.6. The maximum atomic E-state index is 10.6. The van der Waals surface area contributed by atoms with Crippen molar-refractivity contribution in [2.24, 2.45) is 0 Å². The van der Waals surface area contributed by atoms with Gasteiger partial charge in [-0.2, -0.15) is 0 Å². The second-order valence-electron chi connectivity index (χ2n) is 4.98. The van der Waals surface area contributed by atoms with E-state index in [2.05, 4.69) is 30.0 Å². The molecule has 0 atom stereocenters. The summed E-state index contributed by atoms with van der Waals surface area (Å²) < 4.78 is 5.38. The summed E-state index contributed by atoms with van der Waals surface area (Å²) >= 11 is 0. The minimum absolute atomic E-state index is 0.233. The van der Waals surface area contributed by atoms with Crippen LogP contribution < -0.4 is 4.90 Å². The smallest absolute Gasteiger partial charge is 0.303 e. The number of aliphatic carboxylic acids is 1. The largest absolute Gasteiger partial charge is 0.481 e. The molecule has 0 bridgehead atoms. The third kappa shape index (κ3) is 3.96. The number of aryl methyl sites for hydroxylation is 2. The first-order valence-corrected chi connectivity index (χ1v) is 6.81. The molecule has 1 fully saturated rings. The molecule has 1 aromatic carbocycles. The van der Waals surface area contributed by atoms with E-state index < -0.39 is 5.97 Å². The highest BCUT2D eigenvalue weighted by Gasteiger charge is 2.14. The minimum Gasteiger partial charge on any atom is -0.481 e. The van der Waals surface area contributed by atoms with Gasteiger partial charge in [0, 0.05) is 25.2 Å². The van der Waals surface area contributed by atoms with Crippen molar-refractivity contribution in [2.75, 3.05) is 31.2 Å². The van der Waals surface area contributed by atoms with Crippen molar-refractivity contribution in [1.29, 1.82) is 0 Å². The van der Waals surface area contributed by atoms with E-state index in [0.29, 0.717) is 6.42 Å². The predicted octanol–water partition coefficient (Wildman–Crippen LogP) is 2.24. The molecule has 1 aliphatic rings. The lowest BCUT2D eigenvalue weighted by Gasteiger charge is -2.31. The molecule has 1 saturated heterocycles. The van der Waals surface area contributed by atoms with Crippen molar-refractivity contribution in [3.63, 3.8) is 0 Å². The van der Waals surface area contributed by atoms with Crippen molar-refractivity contribution in [2.45, 2.75) is 26.2 Å². The van der Waals surface area contributed by atoms with Crippen molar-refractivity contribution < 1.29 is 14.6 Å². The van der Waals surface area contributed by atoms with Gasteiger partial charge in [-0.15, -0.1) is 0 Å². The molecule has 104 valence electrons. The summed E-state index contributed by atoms with van der Waals surface area (Å²) in [5.41, 5.74) is 3.71. The molecule has 1 aliphatic heterocycles. The topological polar surface area (TPSA) is 49.8 Å². The molecule has 0 spiro atoms. The highest BCUT2D eigenvalue weighted by molar-refractivity contribution is 5.66. The number of morpholine rings is 1. The average Bonchev–Trinajstić information content (AvgIpc) is 2.39. The molecule has 1 N–H and O–H groups in total. The third-order valence-electron chi connectivity index (χ3n) is 3.42. The van der Waals surface area contributed by atoms with Crippen molar-refractivity contribution in [1.82, 2.24) is 0 Å². The summed E-state index contributed by atoms with van der Waals surface area (Å²) in [5, 5.41) is 8.74. The van der Waals surface area contributed by atoms with Crippen molar-refractivity contribution in [3.8, 4) is 0 Å². The SMILES string of the molecule is Cc1ccc(N2CCOCC2)c(CCCC(=O)O)c1. The zero-order chi connectivity index (χ0) is 13.7. The lowest BCUT2D eigenvalue weighted by Crippen LogP contribution is -2.36. The number of nitrogens with zero attached hydrogens (tertiary/aromatic N) is 1. The van der Waals surface area contributed by atoms with Gasteiger partial charge < -0.3 is 14.7 Å². The Kier molecular flexibility index (Phi) is 4.80. The first-order chi connectivity index (χ1) is 9.16. The number of ether oxygens (including phenoxy) is 1.